The van der Waals surface area contributed by atoms with Gasteiger partial charge >= 0.3 is 0 Å². The molecule has 2 saturated carbocycles. The predicted molar refractivity (Wildman–Crippen MR) is 89.1 cm³/mol. The molecule has 2 aliphatic carbocycles. The van der Waals surface area contributed by atoms with E-state index >= 15 is 0 Å². The van der Waals surface area contributed by atoms with E-state index in [0.717, 1.165) is 11.4 Å². The fourth-order valence-electron chi connectivity index (χ4n) is 4.22. The molecule has 126 valence electrons. The van der Waals surface area contributed by atoms with E-state index in [0.29, 0.717) is 17.5 Å². The molecule has 4 rings (SSSR count). The first kappa shape index (κ1) is 15.4. The summed E-state index contributed by atoms with van der Waals surface area (Å²) in [5, 5.41) is 3.05. The SMILES string of the molecule is Cc1nccn1-c1ccc([C@H](C)NC(=O)C2[C@H]3CCC[C@H]23)cc1F. The third kappa shape index (κ3) is 2.52. The quantitative estimate of drug-likeness (QED) is 0.933. The van der Waals surface area contributed by atoms with E-state index in [1.165, 1.54) is 25.3 Å². The van der Waals surface area contributed by atoms with Crippen molar-refractivity contribution < 1.29 is 9.18 Å². The number of nitrogens with zero attached hydrogens (tertiary/aromatic N) is 2. The number of hydrogen-bond donors (Lipinski definition) is 1. The van der Waals surface area contributed by atoms with Gasteiger partial charge in [0.15, 0.2) is 0 Å². The van der Waals surface area contributed by atoms with Gasteiger partial charge in [0.2, 0.25) is 5.91 Å². The number of aromatic nitrogens is 2. The fraction of sp³-hybridized carbons (Fsp3) is 0.474. The lowest BCUT2D eigenvalue weighted by atomic mass is 10.1. The van der Waals surface area contributed by atoms with Crippen molar-refractivity contribution in [1.29, 1.82) is 0 Å². The van der Waals surface area contributed by atoms with Gasteiger partial charge in [-0.2, -0.15) is 0 Å². The van der Waals surface area contributed by atoms with Gasteiger partial charge in [-0.05, 0) is 56.2 Å². The van der Waals surface area contributed by atoms with E-state index in [9.17, 15) is 9.18 Å². The van der Waals surface area contributed by atoms with Crippen molar-refractivity contribution in [2.45, 2.75) is 39.2 Å². The summed E-state index contributed by atoms with van der Waals surface area (Å²) in [5.74, 6) is 1.95. The van der Waals surface area contributed by atoms with Crippen LogP contribution in [0.25, 0.3) is 5.69 Å². The second-order valence-electron chi connectivity index (χ2n) is 7.07. The molecular weight excluding hydrogens is 305 g/mol. The highest BCUT2D eigenvalue weighted by molar-refractivity contribution is 5.82. The Morgan fingerprint density at radius 3 is 2.75 bits per heavy atom. The molecule has 0 radical (unpaired) electrons. The van der Waals surface area contributed by atoms with Gasteiger partial charge in [0.05, 0.1) is 11.7 Å². The van der Waals surface area contributed by atoms with Crippen LogP contribution in [0.15, 0.2) is 30.6 Å². The van der Waals surface area contributed by atoms with E-state index in [4.69, 9.17) is 0 Å². The predicted octanol–water partition coefficient (Wildman–Crippen LogP) is 3.54. The molecule has 0 spiro atoms. The number of halogens is 1. The van der Waals surface area contributed by atoms with Crippen LogP contribution in [0.4, 0.5) is 4.39 Å². The Hall–Kier alpha value is -2.17. The molecule has 24 heavy (non-hydrogen) atoms. The molecule has 0 aliphatic heterocycles. The van der Waals surface area contributed by atoms with E-state index in [-0.39, 0.29) is 23.7 Å². The largest absolute Gasteiger partial charge is 0.349 e. The molecule has 1 heterocycles. The third-order valence-electron chi connectivity index (χ3n) is 5.63. The van der Waals surface area contributed by atoms with Crippen LogP contribution in [0.1, 0.15) is 43.6 Å². The zero-order valence-electron chi connectivity index (χ0n) is 14.0. The number of aryl methyl sites for hydroxylation is 1. The molecule has 2 fully saturated rings. The molecule has 0 saturated heterocycles. The monoisotopic (exact) mass is 327 g/mol. The second-order valence-corrected chi connectivity index (χ2v) is 7.07. The third-order valence-corrected chi connectivity index (χ3v) is 5.63. The van der Waals surface area contributed by atoms with Gasteiger partial charge in [0.1, 0.15) is 11.6 Å². The summed E-state index contributed by atoms with van der Waals surface area (Å²) >= 11 is 0. The number of nitrogens with one attached hydrogen (secondary N) is 1. The molecule has 4 nitrogen and oxygen atoms in total. The van der Waals surface area contributed by atoms with Crippen molar-refractivity contribution in [2.75, 3.05) is 0 Å². The number of amides is 1. The molecule has 0 bridgehead atoms. The summed E-state index contributed by atoms with van der Waals surface area (Å²) in [4.78, 5) is 16.5. The number of fused-ring (bicyclic) bond motifs is 1. The first-order chi connectivity index (χ1) is 11.6. The minimum Gasteiger partial charge on any atom is -0.349 e. The number of rotatable bonds is 4. The second kappa shape index (κ2) is 5.72. The van der Waals surface area contributed by atoms with E-state index in [2.05, 4.69) is 10.3 Å². The Labute approximate surface area is 141 Å². The fourth-order valence-corrected chi connectivity index (χ4v) is 4.22. The minimum absolute atomic E-state index is 0.132. The normalized spacial score (nSPS) is 26.0. The molecule has 1 amide bonds. The van der Waals surface area contributed by atoms with Gasteiger partial charge in [-0.25, -0.2) is 9.37 Å². The molecule has 1 aromatic heterocycles. The van der Waals surface area contributed by atoms with Gasteiger partial charge in [-0.1, -0.05) is 12.5 Å². The summed E-state index contributed by atoms with van der Waals surface area (Å²) < 4.78 is 16.2. The van der Waals surface area contributed by atoms with Crippen molar-refractivity contribution in [3.63, 3.8) is 0 Å². The van der Waals surface area contributed by atoms with Crippen molar-refractivity contribution in [3.8, 4) is 5.69 Å². The summed E-state index contributed by atoms with van der Waals surface area (Å²) in [7, 11) is 0. The Morgan fingerprint density at radius 1 is 1.38 bits per heavy atom. The first-order valence-corrected chi connectivity index (χ1v) is 8.66. The van der Waals surface area contributed by atoms with Crippen LogP contribution in [0.3, 0.4) is 0 Å². The number of hydrogen-bond acceptors (Lipinski definition) is 2. The highest BCUT2D eigenvalue weighted by Crippen LogP contribution is 2.57. The molecular formula is C19H22FN3O. The van der Waals surface area contributed by atoms with Gasteiger partial charge in [-0.3, -0.25) is 4.79 Å². The Kier molecular flexibility index (Phi) is 3.66. The Bertz CT molecular complexity index is 775. The van der Waals surface area contributed by atoms with E-state index < -0.39 is 0 Å². The average Bonchev–Trinajstić information content (AvgIpc) is 2.87. The maximum atomic E-state index is 14.5. The number of carbonyl (C=O) groups is 1. The lowest BCUT2D eigenvalue weighted by Gasteiger charge is -2.16. The van der Waals surface area contributed by atoms with E-state index in [1.807, 2.05) is 19.9 Å². The van der Waals surface area contributed by atoms with Crippen LogP contribution in [0.2, 0.25) is 0 Å². The molecule has 3 atom stereocenters. The van der Waals surface area contributed by atoms with Crippen LogP contribution in [0, 0.1) is 30.5 Å². The molecule has 0 unspecified atom stereocenters. The topological polar surface area (TPSA) is 46.9 Å². The number of imidazole rings is 1. The maximum Gasteiger partial charge on any atom is 0.224 e. The van der Waals surface area contributed by atoms with Crippen molar-refractivity contribution >= 4 is 5.91 Å². The Balaban J connectivity index is 1.47. The van der Waals surface area contributed by atoms with Crippen LogP contribution in [-0.2, 0) is 4.79 Å². The van der Waals surface area contributed by atoms with Crippen LogP contribution >= 0.6 is 0 Å². The number of benzene rings is 1. The molecule has 1 aromatic carbocycles. The van der Waals surface area contributed by atoms with Gasteiger partial charge in [0, 0.05) is 18.3 Å². The lowest BCUT2D eigenvalue weighted by Crippen LogP contribution is -2.29. The maximum absolute atomic E-state index is 14.5. The van der Waals surface area contributed by atoms with Crippen molar-refractivity contribution in [3.05, 3.63) is 47.8 Å². The zero-order valence-corrected chi connectivity index (χ0v) is 14.0. The summed E-state index contributed by atoms with van der Waals surface area (Å²) in [6, 6.07) is 4.93. The molecule has 2 aromatic rings. The zero-order chi connectivity index (χ0) is 16.8. The summed E-state index contributed by atoms with van der Waals surface area (Å²) in [5.41, 5.74) is 1.26. The highest BCUT2D eigenvalue weighted by atomic mass is 19.1. The number of carbonyl (C=O) groups excluding carboxylic acids is 1. The van der Waals surface area contributed by atoms with Gasteiger partial charge < -0.3 is 9.88 Å². The molecule has 2 aliphatic rings. The van der Waals surface area contributed by atoms with Crippen LogP contribution in [-0.4, -0.2) is 15.5 Å². The van der Waals surface area contributed by atoms with Crippen molar-refractivity contribution in [1.82, 2.24) is 14.9 Å². The van der Waals surface area contributed by atoms with Crippen LogP contribution in [0.5, 0.6) is 0 Å². The molecule has 5 heteroatoms. The van der Waals surface area contributed by atoms with Crippen molar-refractivity contribution in [2.24, 2.45) is 17.8 Å². The first-order valence-electron chi connectivity index (χ1n) is 8.66. The average molecular weight is 327 g/mol. The molecule has 1 N–H and O–H groups in total. The Morgan fingerprint density at radius 2 is 2.12 bits per heavy atom. The summed E-state index contributed by atoms with van der Waals surface area (Å²) in [6.07, 6.45) is 7.02. The van der Waals surface area contributed by atoms with Gasteiger partial charge in [-0.15, -0.1) is 0 Å². The standard InChI is InChI=1S/C19H22FN3O/c1-11(22-19(24)18-14-4-3-5-15(14)18)13-6-7-17(16(20)10-13)23-9-8-21-12(23)2/h6-11,14-15,18H,3-5H2,1-2H3,(H,22,24)/t11-,14-,15-/m0/s1. The summed E-state index contributed by atoms with van der Waals surface area (Å²) in [6.45, 7) is 3.75. The highest BCUT2D eigenvalue weighted by Gasteiger charge is 2.56. The lowest BCUT2D eigenvalue weighted by molar-refractivity contribution is -0.123. The minimum atomic E-state index is -0.307. The van der Waals surface area contributed by atoms with Crippen LogP contribution < -0.4 is 5.32 Å². The van der Waals surface area contributed by atoms with E-state index in [1.54, 1.807) is 23.0 Å². The smallest absolute Gasteiger partial charge is 0.224 e. The van der Waals surface area contributed by atoms with Gasteiger partial charge in [0.25, 0.3) is 0 Å².